The lowest BCUT2D eigenvalue weighted by molar-refractivity contribution is 0.432. The third kappa shape index (κ3) is 4.42. The second-order valence-corrected chi connectivity index (χ2v) is 1.43. The number of hydrogen-bond donors (Lipinski definition) is 0. The van der Waals surface area contributed by atoms with Gasteiger partial charge in [-0.15, -0.1) is 0 Å². The molecule has 0 aromatic rings. The second kappa shape index (κ2) is 4.42. The van der Waals surface area contributed by atoms with E-state index in [-0.39, 0.29) is 0 Å². The van der Waals surface area contributed by atoms with Crippen molar-refractivity contribution in [3.8, 4) is 0 Å². The molecular weight excluding hydrogens is 106 g/mol. The predicted molar refractivity (Wildman–Crippen MR) is 25.8 cm³/mol. The Hall–Kier alpha value is 0.420. The standard InChI is InChI=1S/C2H4ClOP/c1-4-2-5-3/h2H,1H3. The minimum absolute atomic E-state index is 0.655. The monoisotopic (exact) mass is 110 g/mol. The maximum atomic E-state index is 5.09. The van der Waals surface area contributed by atoms with E-state index in [1.54, 1.807) is 7.11 Å². The molecule has 0 heterocycles. The number of hydrogen-bond acceptors (Lipinski definition) is 1. The van der Waals surface area contributed by atoms with Crippen LogP contribution in [0.3, 0.4) is 0 Å². The molecule has 0 N–H and O–H groups in total. The van der Waals surface area contributed by atoms with Crippen LogP contribution in [-0.2, 0) is 4.74 Å². The van der Waals surface area contributed by atoms with Crippen molar-refractivity contribution in [1.29, 1.82) is 0 Å². The van der Waals surface area contributed by atoms with Crippen molar-refractivity contribution in [3.05, 3.63) is 0 Å². The first-order valence-corrected chi connectivity index (χ1v) is 2.94. The maximum Gasteiger partial charge on any atom is 0.0770 e. The van der Waals surface area contributed by atoms with Crippen molar-refractivity contribution in [1.82, 2.24) is 0 Å². The zero-order valence-corrected chi connectivity index (χ0v) is 4.46. The van der Waals surface area contributed by atoms with E-state index in [2.05, 4.69) is 4.74 Å². The Kier molecular flexibility index (Phi) is 4.79. The lowest BCUT2D eigenvalue weighted by Gasteiger charge is -1.69. The Morgan fingerprint density at radius 3 is 2.60 bits per heavy atom. The average Bonchev–Trinajstić information content (AvgIpc) is 1.41. The van der Waals surface area contributed by atoms with Crippen LogP contribution in [-0.4, -0.2) is 13.1 Å². The molecule has 5 heavy (non-hydrogen) atoms. The van der Waals surface area contributed by atoms with E-state index in [0.29, 0.717) is 7.56 Å². The van der Waals surface area contributed by atoms with Crippen molar-refractivity contribution in [2.45, 2.75) is 0 Å². The highest BCUT2D eigenvalue weighted by Crippen LogP contribution is 1.96. The van der Waals surface area contributed by atoms with Crippen LogP contribution in [0, 0.1) is 0 Å². The molecule has 0 aliphatic carbocycles. The molecule has 0 aromatic heterocycles. The summed E-state index contributed by atoms with van der Waals surface area (Å²) in [5.41, 5.74) is 0. The van der Waals surface area contributed by atoms with E-state index in [1.165, 1.54) is 5.98 Å². The fraction of sp³-hybridized carbons (Fsp3) is 0.500. The summed E-state index contributed by atoms with van der Waals surface area (Å²) >= 11 is 5.09. The molecule has 0 aliphatic rings. The van der Waals surface area contributed by atoms with E-state index in [4.69, 9.17) is 11.2 Å². The zero-order valence-electron chi connectivity index (χ0n) is 2.81. The lowest BCUT2D eigenvalue weighted by atomic mass is 11.5. The van der Waals surface area contributed by atoms with E-state index in [9.17, 15) is 0 Å². The molecule has 1 nitrogen and oxygen atoms in total. The van der Waals surface area contributed by atoms with E-state index >= 15 is 0 Å². The second-order valence-electron chi connectivity index (χ2n) is 0.439. The van der Waals surface area contributed by atoms with Crippen LogP contribution in [0.15, 0.2) is 0 Å². The molecule has 0 fully saturated rings. The van der Waals surface area contributed by atoms with E-state index in [1.807, 2.05) is 0 Å². The third-order valence-corrected chi connectivity index (χ3v) is 0.675. The number of rotatable bonds is 1. The number of ether oxygens (including phenoxy) is 1. The quantitative estimate of drug-likeness (QED) is 0.465. The molecule has 0 amide bonds. The Labute approximate surface area is 37.5 Å². The normalized spacial score (nSPS) is 10.0. The fourth-order valence-corrected chi connectivity index (χ4v) is 0.359. The summed E-state index contributed by atoms with van der Waals surface area (Å²) in [6, 6.07) is 0. The Morgan fingerprint density at radius 1 is 2.00 bits per heavy atom. The molecule has 3 heteroatoms. The molecule has 0 radical (unpaired) electrons. The van der Waals surface area contributed by atoms with Gasteiger partial charge in [0.15, 0.2) is 0 Å². The van der Waals surface area contributed by atoms with Gasteiger partial charge in [-0.2, -0.15) is 0 Å². The third-order valence-electron chi connectivity index (χ3n) is 0.145. The first-order chi connectivity index (χ1) is 2.41. The van der Waals surface area contributed by atoms with Gasteiger partial charge in [0.2, 0.25) is 0 Å². The van der Waals surface area contributed by atoms with Crippen LogP contribution in [0.25, 0.3) is 0 Å². The molecule has 0 atom stereocenters. The molecule has 30 valence electrons. The van der Waals surface area contributed by atoms with Gasteiger partial charge in [-0.25, -0.2) is 0 Å². The number of halogens is 1. The van der Waals surface area contributed by atoms with Crippen LogP contribution < -0.4 is 0 Å². The number of methoxy groups -OCH3 is 1. The van der Waals surface area contributed by atoms with Crippen LogP contribution in [0.1, 0.15) is 0 Å². The van der Waals surface area contributed by atoms with Crippen molar-refractivity contribution in [2.75, 3.05) is 7.11 Å². The Morgan fingerprint density at radius 2 is 2.60 bits per heavy atom. The zero-order chi connectivity index (χ0) is 4.12. The molecule has 0 unspecified atom stereocenters. The van der Waals surface area contributed by atoms with Gasteiger partial charge in [0.25, 0.3) is 0 Å². The predicted octanol–water partition coefficient (Wildman–Crippen LogP) is 1.49. The molecule has 0 saturated carbocycles. The van der Waals surface area contributed by atoms with E-state index < -0.39 is 0 Å². The summed E-state index contributed by atoms with van der Waals surface area (Å²) in [5, 5.41) is 0. The summed E-state index contributed by atoms with van der Waals surface area (Å²) < 4.78 is 4.42. The minimum Gasteiger partial charge on any atom is -0.351 e. The maximum absolute atomic E-state index is 5.09. The van der Waals surface area contributed by atoms with Gasteiger partial charge in [0.1, 0.15) is 0 Å². The largest absolute Gasteiger partial charge is 0.351 e. The van der Waals surface area contributed by atoms with Gasteiger partial charge >= 0.3 is 0 Å². The molecule has 0 rings (SSSR count). The molecule has 0 aromatic carbocycles. The molecule has 0 aliphatic heterocycles. The van der Waals surface area contributed by atoms with Gasteiger partial charge in [-0.3, -0.25) is 0 Å². The highest BCUT2D eigenvalue weighted by atomic mass is 35.7. The van der Waals surface area contributed by atoms with Gasteiger partial charge < -0.3 is 4.74 Å². The first-order valence-electron chi connectivity index (χ1n) is 1.07. The van der Waals surface area contributed by atoms with Gasteiger partial charge in [-0.05, 0) is 0 Å². The molecule has 0 saturated heterocycles. The smallest absolute Gasteiger partial charge is 0.0770 e. The summed E-state index contributed by atoms with van der Waals surface area (Å²) in [4.78, 5) is 0. The van der Waals surface area contributed by atoms with Crippen molar-refractivity contribution < 1.29 is 4.74 Å². The highest BCUT2D eigenvalue weighted by molar-refractivity contribution is 7.67. The minimum atomic E-state index is 0.655. The van der Waals surface area contributed by atoms with Crippen molar-refractivity contribution >= 4 is 24.8 Å². The van der Waals surface area contributed by atoms with Gasteiger partial charge in [-0.1, -0.05) is 11.2 Å². The topological polar surface area (TPSA) is 9.23 Å². The Balaban J connectivity index is 2.62. The SMILES string of the molecule is COC=PCl. The summed E-state index contributed by atoms with van der Waals surface area (Å²) in [7, 11) is 2.22. The van der Waals surface area contributed by atoms with Crippen LogP contribution >= 0.6 is 18.8 Å². The van der Waals surface area contributed by atoms with Crippen LogP contribution in [0.4, 0.5) is 0 Å². The fourth-order valence-electron chi connectivity index (χ4n) is 0.0398. The summed E-state index contributed by atoms with van der Waals surface area (Å²) in [6.07, 6.45) is 0. The summed E-state index contributed by atoms with van der Waals surface area (Å²) in [6.45, 7) is 0. The summed E-state index contributed by atoms with van der Waals surface area (Å²) in [5.74, 6) is 1.49. The van der Waals surface area contributed by atoms with Crippen molar-refractivity contribution in [2.24, 2.45) is 0 Å². The molecule has 0 spiro atoms. The van der Waals surface area contributed by atoms with Crippen LogP contribution in [0.2, 0.25) is 0 Å². The van der Waals surface area contributed by atoms with Gasteiger partial charge in [0, 0.05) is 14.7 Å². The molecular formula is C2H4ClOP. The highest BCUT2D eigenvalue weighted by Gasteiger charge is 1.52. The lowest BCUT2D eigenvalue weighted by Crippen LogP contribution is -1.65. The van der Waals surface area contributed by atoms with Gasteiger partial charge in [0.05, 0.1) is 5.98 Å². The Bertz CT molecular complexity index is 36.6. The first kappa shape index (κ1) is 5.42. The molecule has 0 bridgehead atoms. The van der Waals surface area contributed by atoms with E-state index in [0.717, 1.165) is 0 Å². The van der Waals surface area contributed by atoms with Crippen LogP contribution in [0.5, 0.6) is 0 Å². The average molecular weight is 110 g/mol. The van der Waals surface area contributed by atoms with Crippen molar-refractivity contribution in [3.63, 3.8) is 0 Å².